The van der Waals surface area contributed by atoms with E-state index in [4.69, 9.17) is 30.9 Å². The van der Waals surface area contributed by atoms with E-state index in [1.165, 1.54) is 6.07 Å². The number of halogens is 2. The minimum atomic E-state index is -0.690. The van der Waals surface area contributed by atoms with Crippen LogP contribution in [0.1, 0.15) is 56.1 Å². The summed E-state index contributed by atoms with van der Waals surface area (Å²) in [7, 11) is 6.87. The number of rotatable bonds is 12. The molecule has 2 aliphatic heterocycles. The average Bonchev–Trinajstić information content (AvgIpc) is 3.86. The predicted molar refractivity (Wildman–Crippen MR) is 224 cm³/mol. The first kappa shape index (κ1) is 39.3. The summed E-state index contributed by atoms with van der Waals surface area (Å²) in [4.78, 5) is 28.4. The van der Waals surface area contributed by atoms with Gasteiger partial charge in [-0.25, -0.2) is 9.07 Å². The molecule has 0 unspecified atom stereocenters. The number of carbonyl (C=O) groups excluding carboxylic acids is 1. The molecule has 2 N–H and O–H groups in total. The molecule has 1 spiro atoms. The van der Waals surface area contributed by atoms with Crippen LogP contribution in [0.4, 0.5) is 4.39 Å². The Bertz CT molecular complexity index is 2450. The summed E-state index contributed by atoms with van der Waals surface area (Å²) in [5, 5.41) is 19.0. The number of aromatic nitrogens is 2. The summed E-state index contributed by atoms with van der Waals surface area (Å²) >= 11 is 7.25. The van der Waals surface area contributed by atoms with Crippen LogP contribution in [-0.4, -0.2) is 90.1 Å². The fraction of sp³-hybridized carbons (Fsp3) is 0.413. The highest BCUT2D eigenvalue weighted by atomic mass is 35.5. The topological polar surface area (TPSA) is 118 Å². The van der Waals surface area contributed by atoms with E-state index in [2.05, 4.69) is 15.1 Å². The second-order valence-corrected chi connectivity index (χ2v) is 17.6. The van der Waals surface area contributed by atoms with Crippen LogP contribution in [0.2, 0.25) is 5.02 Å². The molecule has 2 saturated heterocycles. The van der Waals surface area contributed by atoms with Gasteiger partial charge in [-0.3, -0.25) is 19.4 Å². The Morgan fingerprint density at radius 2 is 1.53 bits per heavy atom. The maximum Gasteiger partial charge on any atom is 0.309 e. The molecular weight excluding hydrogens is 773 g/mol. The number of nitrogens with one attached hydrogen (secondary N) is 1. The molecule has 308 valence electrons. The number of amides is 1. The third-order valence-electron chi connectivity index (χ3n) is 14.0. The number of carboxylic acids is 1. The first-order valence-corrected chi connectivity index (χ1v) is 20.6. The van der Waals surface area contributed by atoms with Crippen LogP contribution < -0.4 is 19.5 Å². The minimum absolute atomic E-state index is 0.0168. The Kier molecular flexibility index (Phi) is 9.88. The lowest BCUT2D eigenvalue weighted by Gasteiger charge is -2.55. The molecule has 11 nitrogen and oxygen atoms in total. The Labute approximate surface area is 348 Å². The van der Waals surface area contributed by atoms with E-state index in [-0.39, 0.29) is 22.7 Å². The number of carbonyl (C=O) groups is 2. The molecule has 0 atom stereocenters. The zero-order valence-electron chi connectivity index (χ0n) is 33.9. The minimum Gasteiger partial charge on any atom is -0.496 e. The van der Waals surface area contributed by atoms with Crippen molar-refractivity contribution in [2.45, 2.75) is 63.6 Å². The number of carboxylic acid groups (broad SMARTS) is 1. The van der Waals surface area contributed by atoms with Crippen molar-refractivity contribution in [3.05, 3.63) is 88.8 Å². The van der Waals surface area contributed by atoms with Crippen molar-refractivity contribution in [2.24, 2.45) is 10.8 Å². The van der Waals surface area contributed by atoms with E-state index in [1.807, 2.05) is 72.5 Å². The smallest absolute Gasteiger partial charge is 0.309 e. The quantitative estimate of drug-likeness (QED) is 0.129. The van der Waals surface area contributed by atoms with Gasteiger partial charge in [0.15, 0.2) is 0 Å². The van der Waals surface area contributed by atoms with Crippen molar-refractivity contribution >= 4 is 34.4 Å². The van der Waals surface area contributed by atoms with Gasteiger partial charge < -0.3 is 24.6 Å². The summed E-state index contributed by atoms with van der Waals surface area (Å²) in [5.41, 5.74) is 5.20. The summed E-state index contributed by atoms with van der Waals surface area (Å²) in [6.07, 6.45) is 6.68. The maximum atomic E-state index is 16.3. The lowest BCUT2D eigenvalue weighted by atomic mass is 9.57. The number of nitrogens with zero attached hydrogens (tertiary/aromatic N) is 4. The van der Waals surface area contributed by atoms with E-state index >= 15 is 4.39 Å². The van der Waals surface area contributed by atoms with E-state index in [1.54, 1.807) is 21.3 Å². The van der Waals surface area contributed by atoms with Crippen molar-refractivity contribution < 1.29 is 33.3 Å². The van der Waals surface area contributed by atoms with E-state index in [0.29, 0.717) is 77.7 Å². The lowest BCUT2D eigenvalue weighted by Crippen LogP contribution is -2.57. The average molecular weight is 822 g/mol. The van der Waals surface area contributed by atoms with Crippen LogP contribution in [-0.2, 0) is 22.7 Å². The van der Waals surface area contributed by atoms with Crippen molar-refractivity contribution in [1.82, 2.24) is 24.9 Å². The number of fused-ring (bicyclic) bond motifs is 4. The molecule has 5 fully saturated rings. The van der Waals surface area contributed by atoms with Gasteiger partial charge in [-0.05, 0) is 74.9 Å². The molecule has 13 heteroatoms. The first-order chi connectivity index (χ1) is 28.4. The summed E-state index contributed by atoms with van der Waals surface area (Å²) in [6, 6.07) is 19.1. The zero-order valence-corrected chi connectivity index (χ0v) is 34.6. The fourth-order valence-corrected chi connectivity index (χ4v) is 10.8. The Hall–Kier alpha value is -5.17. The SMILES string of the molecule is COc1cc(-c2cccc(-c3cccc4c3cnn4-c3cc(OC)c(CN4CC5(CNC(=O)C5)C4)c(OC)c3)c2Cl)cc(F)c1CN(C)C12CCC(C(=O)O)(CC1)CC2. The van der Waals surface area contributed by atoms with Crippen molar-refractivity contribution in [2.75, 3.05) is 48.0 Å². The van der Waals surface area contributed by atoms with E-state index in [9.17, 15) is 14.7 Å². The van der Waals surface area contributed by atoms with Gasteiger partial charge in [-0.15, -0.1) is 0 Å². The van der Waals surface area contributed by atoms with E-state index < -0.39 is 11.4 Å². The Morgan fingerprint density at radius 1 is 0.898 bits per heavy atom. The van der Waals surface area contributed by atoms with E-state index in [0.717, 1.165) is 72.2 Å². The zero-order chi connectivity index (χ0) is 41.3. The fourth-order valence-electron chi connectivity index (χ4n) is 10.5. The predicted octanol–water partition coefficient (Wildman–Crippen LogP) is 8.11. The molecule has 59 heavy (non-hydrogen) atoms. The van der Waals surface area contributed by atoms with Crippen molar-refractivity contribution in [3.8, 4) is 45.2 Å². The number of benzene rings is 4. The first-order valence-electron chi connectivity index (χ1n) is 20.2. The molecule has 5 aromatic rings. The number of aliphatic carboxylic acids is 1. The van der Waals surface area contributed by atoms with Crippen LogP contribution in [0.3, 0.4) is 0 Å². The number of hydrogen-bond donors (Lipinski definition) is 2. The van der Waals surface area contributed by atoms with Gasteiger partial charge in [-0.2, -0.15) is 5.10 Å². The van der Waals surface area contributed by atoms with Crippen LogP contribution in [0.15, 0.2) is 66.9 Å². The molecule has 5 aliphatic rings. The molecule has 10 rings (SSSR count). The standard InChI is InChI=1S/C46H49ClFN5O6/c1-51(46-14-11-45(12-15-46,13-16-46)43(55)56)23-34-36(48)17-28(18-38(34)57-2)30-7-5-9-32(42(30)47)31-8-6-10-37-33(31)22-50-53(37)29-19-39(58-3)35(40(20-29)59-4)24-52-26-44(27-52)21-41(54)49-25-44/h5-10,17-20,22H,11-16,21,23-27H2,1-4H3,(H,49,54)(H,55,56). The van der Waals surface area contributed by atoms with Gasteiger partial charge in [0.05, 0.1) is 54.7 Å². The second-order valence-electron chi connectivity index (χ2n) is 17.2. The monoisotopic (exact) mass is 821 g/mol. The summed E-state index contributed by atoms with van der Waals surface area (Å²) in [6.45, 7) is 3.37. The van der Waals surface area contributed by atoms with Crippen LogP contribution in [0.5, 0.6) is 17.2 Å². The number of methoxy groups -OCH3 is 3. The summed E-state index contributed by atoms with van der Waals surface area (Å²) in [5.74, 6) is 0.860. The highest BCUT2D eigenvalue weighted by Gasteiger charge is 2.54. The molecule has 1 aromatic heterocycles. The lowest BCUT2D eigenvalue weighted by molar-refractivity contribution is -0.160. The molecule has 3 heterocycles. The maximum absolute atomic E-state index is 16.3. The molecule has 2 bridgehead atoms. The molecule has 0 radical (unpaired) electrons. The second kappa shape index (κ2) is 14.8. The third kappa shape index (κ3) is 6.60. The number of hydrogen-bond acceptors (Lipinski definition) is 8. The van der Waals surface area contributed by atoms with Gasteiger partial charge >= 0.3 is 5.97 Å². The highest BCUT2D eigenvalue weighted by molar-refractivity contribution is 6.36. The van der Waals surface area contributed by atoms with Crippen molar-refractivity contribution in [1.29, 1.82) is 0 Å². The molecule has 1 amide bonds. The van der Waals surface area contributed by atoms with Crippen LogP contribution in [0.25, 0.3) is 38.8 Å². The van der Waals surface area contributed by atoms with Crippen LogP contribution >= 0.6 is 11.6 Å². The highest BCUT2D eigenvalue weighted by Crippen LogP contribution is 2.55. The Morgan fingerprint density at radius 3 is 2.15 bits per heavy atom. The van der Waals surface area contributed by atoms with Gasteiger partial charge in [0.25, 0.3) is 0 Å². The number of likely N-dealkylation sites (tertiary alicyclic amines) is 1. The normalized spacial score (nSPS) is 22.2. The van der Waals surface area contributed by atoms with Gasteiger partial charge in [-0.1, -0.05) is 41.9 Å². The van der Waals surface area contributed by atoms with Gasteiger partial charge in [0.1, 0.15) is 23.1 Å². The van der Waals surface area contributed by atoms with Crippen LogP contribution in [0, 0.1) is 16.6 Å². The molecular formula is C46H49ClFN5O6. The van der Waals surface area contributed by atoms with Crippen molar-refractivity contribution in [3.63, 3.8) is 0 Å². The Balaban J connectivity index is 0.990. The summed E-state index contributed by atoms with van der Waals surface area (Å²) < 4.78 is 35.8. The molecule has 4 aromatic carbocycles. The largest absolute Gasteiger partial charge is 0.496 e. The van der Waals surface area contributed by atoms with Gasteiger partial charge in [0, 0.05) is 84.3 Å². The van der Waals surface area contributed by atoms with Gasteiger partial charge in [0.2, 0.25) is 5.91 Å². The number of ether oxygens (including phenoxy) is 3. The molecule has 3 saturated carbocycles. The third-order valence-corrected chi connectivity index (χ3v) is 14.4. The molecule has 3 aliphatic carbocycles.